The van der Waals surface area contributed by atoms with E-state index in [9.17, 15) is 23.6 Å². The number of phenols is 1. The molecule has 0 atom stereocenters. The average molecular weight is 294 g/mol. The molecule has 2 aromatic carbocycles. The SMILES string of the molecule is O=[N+]([O-])c1ccc(S(=O)(=O)Nc2cccc(O)c2)cc1. The first kappa shape index (κ1) is 13.8. The van der Waals surface area contributed by atoms with Gasteiger partial charge in [0.15, 0.2) is 0 Å². The number of hydrogen-bond acceptors (Lipinski definition) is 5. The molecule has 8 heteroatoms. The minimum Gasteiger partial charge on any atom is -0.508 e. The number of nitro benzene ring substituents is 1. The molecule has 2 N–H and O–H groups in total. The van der Waals surface area contributed by atoms with Crippen molar-refractivity contribution in [3.05, 3.63) is 58.6 Å². The Balaban J connectivity index is 2.28. The fourth-order valence-corrected chi connectivity index (χ4v) is 2.58. The predicted octanol–water partition coefficient (Wildman–Crippen LogP) is 2.10. The Hall–Kier alpha value is -2.61. The van der Waals surface area contributed by atoms with Crippen LogP contribution in [0.5, 0.6) is 5.75 Å². The molecule has 20 heavy (non-hydrogen) atoms. The maximum absolute atomic E-state index is 12.0. The topological polar surface area (TPSA) is 110 Å². The normalized spacial score (nSPS) is 11.0. The summed E-state index contributed by atoms with van der Waals surface area (Å²) in [6.07, 6.45) is 0. The van der Waals surface area contributed by atoms with Crippen LogP contribution < -0.4 is 4.72 Å². The first-order valence-electron chi connectivity index (χ1n) is 5.45. The zero-order chi connectivity index (χ0) is 14.8. The highest BCUT2D eigenvalue weighted by Gasteiger charge is 2.16. The fraction of sp³-hybridized carbons (Fsp3) is 0. The third-order valence-electron chi connectivity index (χ3n) is 2.46. The van der Waals surface area contributed by atoms with Crippen LogP contribution in [0, 0.1) is 10.1 Å². The highest BCUT2D eigenvalue weighted by atomic mass is 32.2. The Morgan fingerprint density at radius 2 is 1.75 bits per heavy atom. The van der Waals surface area contributed by atoms with Crippen molar-refractivity contribution in [2.45, 2.75) is 4.90 Å². The number of rotatable bonds is 4. The second-order valence-electron chi connectivity index (χ2n) is 3.91. The third kappa shape index (κ3) is 3.04. The van der Waals surface area contributed by atoms with E-state index in [4.69, 9.17) is 0 Å². The highest BCUT2D eigenvalue weighted by molar-refractivity contribution is 7.92. The summed E-state index contributed by atoms with van der Waals surface area (Å²) in [7, 11) is -3.86. The zero-order valence-corrected chi connectivity index (χ0v) is 10.9. The van der Waals surface area contributed by atoms with Crippen LogP contribution >= 0.6 is 0 Å². The third-order valence-corrected chi connectivity index (χ3v) is 3.85. The number of hydrogen-bond donors (Lipinski definition) is 2. The summed E-state index contributed by atoms with van der Waals surface area (Å²) in [5, 5.41) is 19.8. The monoisotopic (exact) mass is 294 g/mol. The number of anilines is 1. The molecule has 0 amide bonds. The quantitative estimate of drug-likeness (QED) is 0.663. The van der Waals surface area contributed by atoms with E-state index in [0.29, 0.717) is 0 Å². The Labute approximate surface area is 114 Å². The summed E-state index contributed by atoms with van der Waals surface area (Å²) in [5.74, 6) is -0.0751. The van der Waals surface area contributed by atoms with Crippen molar-refractivity contribution in [3.8, 4) is 5.75 Å². The molecule has 0 aliphatic rings. The number of benzene rings is 2. The van der Waals surface area contributed by atoms with Crippen LogP contribution in [-0.4, -0.2) is 18.4 Å². The summed E-state index contributed by atoms with van der Waals surface area (Å²) in [6, 6.07) is 10.1. The molecular weight excluding hydrogens is 284 g/mol. The summed E-state index contributed by atoms with van der Waals surface area (Å²) >= 11 is 0. The number of phenolic OH excluding ortho intramolecular Hbond substituents is 1. The van der Waals surface area contributed by atoms with E-state index in [1.807, 2.05) is 0 Å². The van der Waals surface area contributed by atoms with Crippen molar-refractivity contribution in [2.24, 2.45) is 0 Å². The summed E-state index contributed by atoms with van der Waals surface area (Å²) in [4.78, 5) is 9.79. The first-order chi connectivity index (χ1) is 9.38. The minimum absolute atomic E-state index is 0.0751. The summed E-state index contributed by atoms with van der Waals surface area (Å²) < 4.78 is 26.3. The van der Waals surface area contributed by atoms with E-state index in [1.165, 1.54) is 24.3 Å². The lowest BCUT2D eigenvalue weighted by molar-refractivity contribution is -0.384. The van der Waals surface area contributed by atoms with Gasteiger partial charge in [-0.1, -0.05) is 6.07 Å². The van der Waals surface area contributed by atoms with Crippen LogP contribution in [0.1, 0.15) is 0 Å². The van der Waals surface area contributed by atoms with Crippen LogP contribution in [-0.2, 0) is 10.0 Å². The van der Waals surface area contributed by atoms with E-state index in [1.54, 1.807) is 0 Å². The van der Waals surface area contributed by atoms with Gasteiger partial charge in [-0.05, 0) is 24.3 Å². The van der Waals surface area contributed by atoms with Gasteiger partial charge in [-0.2, -0.15) is 0 Å². The Morgan fingerprint density at radius 1 is 1.10 bits per heavy atom. The zero-order valence-electron chi connectivity index (χ0n) is 10.1. The van der Waals surface area contributed by atoms with E-state index >= 15 is 0 Å². The molecule has 0 aromatic heterocycles. The van der Waals surface area contributed by atoms with Crippen LogP contribution in [0.4, 0.5) is 11.4 Å². The molecule has 0 unspecified atom stereocenters. The maximum atomic E-state index is 12.0. The molecule has 2 rings (SSSR count). The average Bonchev–Trinajstić information content (AvgIpc) is 2.38. The van der Waals surface area contributed by atoms with Crippen molar-refractivity contribution in [3.63, 3.8) is 0 Å². The predicted molar refractivity (Wildman–Crippen MR) is 72.0 cm³/mol. The van der Waals surface area contributed by atoms with Crippen molar-refractivity contribution >= 4 is 21.4 Å². The van der Waals surface area contributed by atoms with Gasteiger partial charge in [0.25, 0.3) is 15.7 Å². The molecule has 0 aliphatic carbocycles. The molecule has 0 fully saturated rings. The smallest absolute Gasteiger partial charge is 0.269 e. The fourth-order valence-electron chi connectivity index (χ4n) is 1.53. The van der Waals surface area contributed by atoms with E-state index < -0.39 is 14.9 Å². The van der Waals surface area contributed by atoms with Crippen molar-refractivity contribution < 1.29 is 18.4 Å². The molecule has 2 aromatic rings. The van der Waals surface area contributed by atoms with E-state index in [0.717, 1.165) is 24.3 Å². The van der Waals surface area contributed by atoms with Gasteiger partial charge in [-0.15, -0.1) is 0 Å². The number of sulfonamides is 1. The second-order valence-corrected chi connectivity index (χ2v) is 5.59. The minimum atomic E-state index is -3.86. The largest absolute Gasteiger partial charge is 0.508 e. The van der Waals surface area contributed by atoms with Crippen molar-refractivity contribution in [2.75, 3.05) is 4.72 Å². The van der Waals surface area contributed by atoms with Crippen molar-refractivity contribution in [1.29, 1.82) is 0 Å². The standard InChI is InChI=1S/C12H10N2O5S/c15-11-3-1-2-9(8-11)13-20(18,19)12-6-4-10(5-7-12)14(16)17/h1-8,13,15H. The molecule has 0 heterocycles. The molecule has 0 saturated heterocycles. The first-order valence-corrected chi connectivity index (χ1v) is 6.93. The Morgan fingerprint density at radius 3 is 2.30 bits per heavy atom. The lowest BCUT2D eigenvalue weighted by Crippen LogP contribution is -2.12. The molecule has 7 nitrogen and oxygen atoms in total. The van der Waals surface area contributed by atoms with Gasteiger partial charge in [0.1, 0.15) is 5.75 Å². The number of nitro groups is 1. The number of nitrogens with one attached hydrogen (secondary N) is 1. The van der Waals surface area contributed by atoms with Crippen LogP contribution in [0.2, 0.25) is 0 Å². The summed E-state index contributed by atoms with van der Waals surface area (Å²) in [5.41, 5.74) is 0.00431. The van der Waals surface area contributed by atoms with E-state index in [-0.39, 0.29) is 22.0 Å². The maximum Gasteiger partial charge on any atom is 0.269 e. The molecular formula is C12H10N2O5S. The highest BCUT2D eigenvalue weighted by Crippen LogP contribution is 2.21. The lowest BCUT2D eigenvalue weighted by atomic mass is 10.3. The molecule has 104 valence electrons. The molecule has 0 aliphatic heterocycles. The van der Waals surface area contributed by atoms with Crippen LogP contribution in [0.25, 0.3) is 0 Å². The van der Waals surface area contributed by atoms with Gasteiger partial charge in [0.05, 0.1) is 15.5 Å². The van der Waals surface area contributed by atoms with Gasteiger partial charge in [0, 0.05) is 18.2 Å². The number of nitrogens with zero attached hydrogens (tertiary/aromatic N) is 1. The molecule has 0 saturated carbocycles. The number of non-ortho nitro benzene ring substituents is 1. The van der Waals surface area contributed by atoms with Gasteiger partial charge < -0.3 is 5.11 Å². The Bertz CT molecular complexity index is 741. The second kappa shape index (κ2) is 5.17. The molecule has 0 bridgehead atoms. The molecule has 0 spiro atoms. The van der Waals surface area contributed by atoms with E-state index in [2.05, 4.69) is 4.72 Å². The van der Waals surface area contributed by atoms with Gasteiger partial charge in [-0.25, -0.2) is 8.42 Å². The van der Waals surface area contributed by atoms with Gasteiger partial charge >= 0.3 is 0 Å². The van der Waals surface area contributed by atoms with Crippen molar-refractivity contribution in [1.82, 2.24) is 0 Å². The number of aromatic hydroxyl groups is 1. The lowest BCUT2D eigenvalue weighted by Gasteiger charge is -2.08. The molecule has 0 radical (unpaired) electrons. The van der Waals surface area contributed by atoms with Gasteiger partial charge in [0.2, 0.25) is 0 Å². The Kier molecular flexibility index (Phi) is 3.57. The van der Waals surface area contributed by atoms with Crippen LogP contribution in [0.3, 0.4) is 0 Å². The van der Waals surface area contributed by atoms with Crippen LogP contribution in [0.15, 0.2) is 53.4 Å². The van der Waals surface area contributed by atoms with Gasteiger partial charge in [-0.3, -0.25) is 14.8 Å². The summed E-state index contributed by atoms with van der Waals surface area (Å²) in [6.45, 7) is 0.